The third kappa shape index (κ3) is 2.55. The number of hydrogen-bond acceptors (Lipinski definition) is 5. The summed E-state index contributed by atoms with van der Waals surface area (Å²) < 4.78 is 0. The second-order valence-corrected chi connectivity index (χ2v) is 6.45. The highest BCUT2D eigenvalue weighted by atomic mass is 32.1. The number of nitrogens with one attached hydrogen (secondary N) is 1. The summed E-state index contributed by atoms with van der Waals surface area (Å²) in [5, 5.41) is 9.48. The van der Waals surface area contributed by atoms with Crippen molar-refractivity contribution in [2.75, 3.05) is 6.54 Å². The van der Waals surface area contributed by atoms with Crippen molar-refractivity contribution < 1.29 is 0 Å². The molecule has 1 N–H and O–H groups in total. The van der Waals surface area contributed by atoms with Crippen molar-refractivity contribution in [2.45, 2.75) is 25.4 Å². The van der Waals surface area contributed by atoms with Crippen molar-refractivity contribution in [3.63, 3.8) is 0 Å². The van der Waals surface area contributed by atoms with E-state index in [1.807, 2.05) is 12.4 Å². The summed E-state index contributed by atoms with van der Waals surface area (Å²) >= 11 is 1.74. The largest absolute Gasteiger partial charge is 0.290 e. The highest BCUT2D eigenvalue weighted by Crippen LogP contribution is 2.34. The highest BCUT2D eigenvalue weighted by molar-refractivity contribution is 7.13. The summed E-state index contributed by atoms with van der Waals surface area (Å²) in [5.74, 6) is 0. The maximum absolute atomic E-state index is 4.49. The molecule has 0 aliphatic carbocycles. The van der Waals surface area contributed by atoms with Gasteiger partial charge in [-0.25, -0.2) is 0 Å². The molecule has 1 atom stereocenters. The van der Waals surface area contributed by atoms with Gasteiger partial charge >= 0.3 is 0 Å². The van der Waals surface area contributed by atoms with Crippen molar-refractivity contribution >= 4 is 11.3 Å². The van der Waals surface area contributed by atoms with Gasteiger partial charge in [0, 0.05) is 30.7 Å². The van der Waals surface area contributed by atoms with Crippen LogP contribution in [0, 0.1) is 0 Å². The molecule has 5 nitrogen and oxygen atoms in total. The van der Waals surface area contributed by atoms with E-state index in [9.17, 15) is 0 Å². The average molecular weight is 311 g/mol. The van der Waals surface area contributed by atoms with Gasteiger partial charge in [0.15, 0.2) is 0 Å². The Morgan fingerprint density at radius 1 is 1.32 bits per heavy atom. The SMILES string of the molecule is c1csc(-c2[nH]ncc2CN2CCCC2c2cnccn2)c1. The Hall–Kier alpha value is -2.05. The Morgan fingerprint density at radius 3 is 3.14 bits per heavy atom. The average Bonchev–Trinajstić information content (AvgIpc) is 3.30. The van der Waals surface area contributed by atoms with Crippen LogP contribution in [0.2, 0.25) is 0 Å². The Labute approximate surface area is 133 Å². The second kappa shape index (κ2) is 5.98. The van der Waals surface area contributed by atoms with Gasteiger partial charge in [0.05, 0.1) is 28.5 Å². The van der Waals surface area contributed by atoms with Gasteiger partial charge in [-0.2, -0.15) is 5.10 Å². The van der Waals surface area contributed by atoms with Gasteiger partial charge in [0.1, 0.15) is 0 Å². The minimum Gasteiger partial charge on any atom is -0.290 e. The summed E-state index contributed by atoms with van der Waals surface area (Å²) in [5.41, 5.74) is 3.46. The van der Waals surface area contributed by atoms with E-state index >= 15 is 0 Å². The second-order valence-electron chi connectivity index (χ2n) is 5.51. The van der Waals surface area contributed by atoms with Crippen molar-refractivity contribution in [1.29, 1.82) is 0 Å². The first-order valence-electron chi connectivity index (χ1n) is 7.48. The zero-order valence-corrected chi connectivity index (χ0v) is 13.0. The highest BCUT2D eigenvalue weighted by Gasteiger charge is 2.28. The fourth-order valence-electron chi connectivity index (χ4n) is 3.12. The van der Waals surface area contributed by atoms with Crippen LogP contribution < -0.4 is 0 Å². The first-order chi connectivity index (χ1) is 10.9. The van der Waals surface area contributed by atoms with Gasteiger partial charge in [-0.1, -0.05) is 6.07 Å². The third-order valence-electron chi connectivity index (χ3n) is 4.15. The fraction of sp³-hybridized carbons (Fsp3) is 0.312. The number of aromatic nitrogens is 4. The smallest absolute Gasteiger partial charge is 0.0794 e. The summed E-state index contributed by atoms with van der Waals surface area (Å²) in [7, 11) is 0. The van der Waals surface area contributed by atoms with Crippen molar-refractivity contribution in [3.8, 4) is 10.6 Å². The number of aromatic amines is 1. The molecule has 0 aromatic carbocycles. The standard InChI is InChI=1S/C16H17N5S/c1-3-14(13-10-17-5-6-18-13)21(7-1)11-12-9-19-20-16(12)15-4-2-8-22-15/h2,4-6,8-10,14H,1,3,7,11H2,(H,19,20). The van der Waals surface area contributed by atoms with E-state index in [0.29, 0.717) is 6.04 Å². The molecule has 0 spiro atoms. The number of hydrogen-bond donors (Lipinski definition) is 1. The van der Waals surface area contributed by atoms with Crippen LogP contribution in [0.15, 0.2) is 42.3 Å². The molecule has 1 fully saturated rings. The van der Waals surface area contributed by atoms with Gasteiger partial charge in [0.2, 0.25) is 0 Å². The molecule has 0 amide bonds. The molecule has 0 saturated carbocycles. The van der Waals surface area contributed by atoms with E-state index in [4.69, 9.17) is 0 Å². The maximum Gasteiger partial charge on any atom is 0.0794 e. The summed E-state index contributed by atoms with van der Waals surface area (Å²) in [6.07, 6.45) is 9.69. The quantitative estimate of drug-likeness (QED) is 0.803. The van der Waals surface area contributed by atoms with E-state index in [0.717, 1.165) is 30.9 Å². The molecule has 3 aromatic rings. The molecule has 4 heterocycles. The van der Waals surface area contributed by atoms with Crippen molar-refractivity contribution in [1.82, 2.24) is 25.1 Å². The maximum atomic E-state index is 4.49. The van der Waals surface area contributed by atoms with Gasteiger partial charge in [-0.05, 0) is 30.8 Å². The van der Waals surface area contributed by atoms with Gasteiger partial charge in [-0.3, -0.25) is 20.0 Å². The van der Waals surface area contributed by atoms with Crippen LogP contribution in [0.1, 0.15) is 30.1 Å². The van der Waals surface area contributed by atoms with E-state index in [1.54, 1.807) is 23.7 Å². The van der Waals surface area contributed by atoms with Crippen LogP contribution in [-0.4, -0.2) is 31.6 Å². The molecule has 6 heteroatoms. The molecule has 112 valence electrons. The third-order valence-corrected chi connectivity index (χ3v) is 5.03. The number of H-pyrrole nitrogens is 1. The van der Waals surface area contributed by atoms with E-state index in [1.165, 1.54) is 16.9 Å². The minimum atomic E-state index is 0.361. The molecule has 1 aliphatic rings. The lowest BCUT2D eigenvalue weighted by molar-refractivity contribution is 0.244. The van der Waals surface area contributed by atoms with Crippen LogP contribution in [0.3, 0.4) is 0 Å². The lowest BCUT2D eigenvalue weighted by Crippen LogP contribution is -2.23. The van der Waals surface area contributed by atoms with Crippen molar-refractivity contribution in [2.24, 2.45) is 0 Å². The molecular formula is C16H17N5S. The van der Waals surface area contributed by atoms with Crippen LogP contribution >= 0.6 is 11.3 Å². The Balaban J connectivity index is 1.58. The zero-order valence-electron chi connectivity index (χ0n) is 12.1. The lowest BCUT2D eigenvalue weighted by Gasteiger charge is -2.23. The molecule has 3 aromatic heterocycles. The van der Waals surface area contributed by atoms with E-state index < -0.39 is 0 Å². The normalized spacial score (nSPS) is 18.8. The Morgan fingerprint density at radius 2 is 2.32 bits per heavy atom. The fourth-order valence-corrected chi connectivity index (χ4v) is 3.87. The van der Waals surface area contributed by atoms with Crippen LogP contribution in [-0.2, 0) is 6.54 Å². The van der Waals surface area contributed by atoms with Crippen LogP contribution in [0.5, 0.6) is 0 Å². The summed E-state index contributed by atoms with van der Waals surface area (Å²) in [6.45, 7) is 1.99. The Kier molecular flexibility index (Phi) is 3.70. The van der Waals surface area contributed by atoms with Gasteiger partial charge in [0.25, 0.3) is 0 Å². The predicted molar refractivity (Wildman–Crippen MR) is 86.3 cm³/mol. The lowest BCUT2D eigenvalue weighted by atomic mass is 10.1. The molecule has 0 radical (unpaired) electrons. The topological polar surface area (TPSA) is 57.7 Å². The molecule has 4 rings (SSSR count). The number of thiophene rings is 1. The first kappa shape index (κ1) is 13.6. The predicted octanol–water partition coefficient (Wildman–Crippen LogP) is 3.27. The van der Waals surface area contributed by atoms with Crippen molar-refractivity contribution in [3.05, 3.63) is 53.6 Å². The van der Waals surface area contributed by atoms with E-state index in [2.05, 4.69) is 42.6 Å². The number of rotatable bonds is 4. The molecule has 0 bridgehead atoms. The number of nitrogens with zero attached hydrogens (tertiary/aromatic N) is 4. The minimum absolute atomic E-state index is 0.361. The zero-order chi connectivity index (χ0) is 14.8. The first-order valence-corrected chi connectivity index (χ1v) is 8.36. The molecule has 1 saturated heterocycles. The van der Waals surface area contributed by atoms with Gasteiger partial charge in [-0.15, -0.1) is 11.3 Å². The van der Waals surface area contributed by atoms with Crippen LogP contribution in [0.25, 0.3) is 10.6 Å². The Bertz CT molecular complexity index is 722. The van der Waals surface area contributed by atoms with Crippen LogP contribution in [0.4, 0.5) is 0 Å². The van der Waals surface area contributed by atoms with Gasteiger partial charge < -0.3 is 0 Å². The number of likely N-dealkylation sites (tertiary alicyclic amines) is 1. The molecule has 22 heavy (non-hydrogen) atoms. The molecular weight excluding hydrogens is 294 g/mol. The van der Waals surface area contributed by atoms with E-state index in [-0.39, 0.29) is 0 Å². The molecule has 1 aliphatic heterocycles. The summed E-state index contributed by atoms with van der Waals surface area (Å²) in [6, 6.07) is 4.56. The summed E-state index contributed by atoms with van der Waals surface area (Å²) in [4.78, 5) is 12.4. The molecule has 1 unspecified atom stereocenters. The monoisotopic (exact) mass is 311 g/mol.